The van der Waals surface area contributed by atoms with E-state index in [1.54, 1.807) is 6.08 Å². The molecule has 0 radical (unpaired) electrons. The van der Waals surface area contributed by atoms with E-state index in [0.29, 0.717) is 24.9 Å². The topological polar surface area (TPSA) is 63.6 Å². The van der Waals surface area contributed by atoms with Crippen LogP contribution in [0.15, 0.2) is 23.8 Å². The SMILES string of the molecule is CC(C)=C/C=C/C(=O)[C@@H](C)[C@H]1CC[C@@H]2[C@@]3(C)CC[C@H](O)C(C)(C)[C@@H]3CC[C@@]2(C)[C@@]12COC(=O)C2. The quantitative estimate of drug-likeness (QED) is 0.298. The highest BCUT2D eigenvalue weighted by atomic mass is 16.5. The minimum atomic E-state index is -0.291. The minimum absolute atomic E-state index is 0.0517. The number of rotatable bonds is 4. The number of hydrogen-bond acceptors (Lipinski definition) is 4. The van der Waals surface area contributed by atoms with Gasteiger partial charge < -0.3 is 9.84 Å². The van der Waals surface area contributed by atoms with Gasteiger partial charge in [0.05, 0.1) is 19.1 Å². The Labute approximate surface area is 206 Å². The third-order valence-corrected chi connectivity index (χ3v) is 11.3. The maximum atomic E-state index is 13.3. The molecular weight excluding hydrogens is 424 g/mol. The van der Waals surface area contributed by atoms with E-state index in [1.807, 2.05) is 26.0 Å². The number of hydrogen-bond donors (Lipinski definition) is 1. The summed E-state index contributed by atoms with van der Waals surface area (Å²) in [7, 11) is 0. The zero-order valence-electron chi connectivity index (χ0n) is 22.4. The van der Waals surface area contributed by atoms with Crippen molar-refractivity contribution in [2.24, 2.45) is 45.3 Å². The summed E-state index contributed by atoms with van der Waals surface area (Å²) in [6, 6.07) is 0. The average Bonchev–Trinajstić information content (AvgIpc) is 3.14. The number of esters is 1. The summed E-state index contributed by atoms with van der Waals surface area (Å²) in [4.78, 5) is 25.9. The molecule has 1 aliphatic heterocycles. The standard InChI is InChI=1S/C30H46O4/c1-19(2)9-8-10-22(31)20(3)21-11-12-24-28(6)15-14-25(32)27(4,5)23(28)13-16-29(24,7)30(21)17-26(33)34-18-30/h8-10,20-21,23-25,32H,11-18H2,1-7H3/b10-8+/t20-,21+,23-,24+,25-,28-,29+,30-/m0/s1. The highest BCUT2D eigenvalue weighted by Gasteiger charge is 2.70. The Morgan fingerprint density at radius 1 is 1.06 bits per heavy atom. The van der Waals surface area contributed by atoms with Crippen LogP contribution in [0.3, 0.4) is 0 Å². The van der Waals surface area contributed by atoms with Crippen LogP contribution < -0.4 is 0 Å². The molecule has 4 aliphatic rings. The molecule has 0 unspecified atom stereocenters. The van der Waals surface area contributed by atoms with Crippen molar-refractivity contribution < 1.29 is 19.4 Å². The van der Waals surface area contributed by atoms with E-state index in [0.717, 1.165) is 38.5 Å². The second kappa shape index (κ2) is 8.61. The molecule has 3 aliphatic carbocycles. The molecule has 0 aromatic rings. The van der Waals surface area contributed by atoms with Gasteiger partial charge in [0.25, 0.3) is 0 Å². The first-order valence-electron chi connectivity index (χ1n) is 13.5. The smallest absolute Gasteiger partial charge is 0.306 e. The Bertz CT molecular complexity index is 895. The molecule has 4 heteroatoms. The Kier molecular flexibility index (Phi) is 6.50. The second-order valence-electron chi connectivity index (χ2n) is 13.4. The van der Waals surface area contributed by atoms with E-state index >= 15 is 0 Å². The summed E-state index contributed by atoms with van der Waals surface area (Å²) in [5.41, 5.74) is 0.862. The lowest BCUT2D eigenvalue weighted by molar-refractivity contribution is -0.231. The van der Waals surface area contributed by atoms with Crippen LogP contribution in [0.2, 0.25) is 0 Å². The molecule has 1 heterocycles. The van der Waals surface area contributed by atoms with Crippen LogP contribution in [0, 0.1) is 45.3 Å². The number of fused-ring (bicyclic) bond motifs is 4. The zero-order valence-corrected chi connectivity index (χ0v) is 22.4. The first kappa shape index (κ1) is 25.7. The molecule has 34 heavy (non-hydrogen) atoms. The largest absolute Gasteiger partial charge is 0.465 e. The molecular formula is C30H46O4. The summed E-state index contributed by atoms with van der Waals surface area (Å²) in [5, 5.41) is 10.9. The molecule has 1 N–H and O–H groups in total. The summed E-state index contributed by atoms with van der Waals surface area (Å²) >= 11 is 0. The predicted molar refractivity (Wildman–Crippen MR) is 135 cm³/mol. The second-order valence-corrected chi connectivity index (χ2v) is 13.4. The predicted octanol–water partition coefficient (Wildman–Crippen LogP) is 6.28. The van der Waals surface area contributed by atoms with E-state index < -0.39 is 0 Å². The van der Waals surface area contributed by atoms with Gasteiger partial charge in [-0.2, -0.15) is 0 Å². The number of carbonyl (C=O) groups excluding carboxylic acids is 2. The monoisotopic (exact) mass is 470 g/mol. The van der Waals surface area contributed by atoms with Crippen molar-refractivity contribution in [2.75, 3.05) is 6.61 Å². The Hall–Kier alpha value is -1.42. The first-order chi connectivity index (χ1) is 15.8. The Balaban J connectivity index is 1.71. The molecule has 0 bridgehead atoms. The molecule has 1 saturated heterocycles. The number of cyclic esters (lactones) is 1. The average molecular weight is 471 g/mol. The number of carbonyl (C=O) groups is 2. The molecule has 3 saturated carbocycles. The first-order valence-corrected chi connectivity index (χ1v) is 13.5. The number of aliphatic hydroxyl groups is 1. The van der Waals surface area contributed by atoms with E-state index in [2.05, 4.69) is 34.6 Å². The summed E-state index contributed by atoms with van der Waals surface area (Å²) in [6.45, 7) is 16.0. The van der Waals surface area contributed by atoms with E-state index in [4.69, 9.17) is 4.74 Å². The summed E-state index contributed by atoms with van der Waals surface area (Å²) in [5.74, 6) is 1.01. The summed E-state index contributed by atoms with van der Waals surface area (Å²) < 4.78 is 5.74. The van der Waals surface area contributed by atoms with Crippen LogP contribution in [0.1, 0.15) is 93.4 Å². The van der Waals surface area contributed by atoms with Gasteiger partial charge in [-0.25, -0.2) is 0 Å². The van der Waals surface area contributed by atoms with Gasteiger partial charge in [-0.15, -0.1) is 0 Å². The maximum Gasteiger partial charge on any atom is 0.306 e. The molecule has 0 amide bonds. The van der Waals surface area contributed by atoms with Gasteiger partial charge in [0.2, 0.25) is 0 Å². The lowest BCUT2D eigenvalue weighted by Crippen LogP contribution is -2.65. The van der Waals surface area contributed by atoms with Crippen LogP contribution in [0.25, 0.3) is 0 Å². The van der Waals surface area contributed by atoms with E-state index in [1.165, 1.54) is 5.57 Å². The van der Waals surface area contributed by atoms with Gasteiger partial charge in [0, 0.05) is 11.3 Å². The van der Waals surface area contributed by atoms with Gasteiger partial charge in [0.1, 0.15) is 0 Å². The Morgan fingerprint density at radius 3 is 2.38 bits per heavy atom. The van der Waals surface area contributed by atoms with Crippen molar-refractivity contribution in [2.45, 2.75) is 99.5 Å². The third kappa shape index (κ3) is 3.65. The zero-order chi connectivity index (χ0) is 25.1. The number of ketones is 1. The number of allylic oxidation sites excluding steroid dienone is 4. The molecule has 4 nitrogen and oxygen atoms in total. The third-order valence-electron chi connectivity index (χ3n) is 11.3. The van der Waals surface area contributed by atoms with Crippen LogP contribution in [0.5, 0.6) is 0 Å². The minimum Gasteiger partial charge on any atom is -0.465 e. The number of ether oxygens (including phenoxy) is 1. The lowest BCUT2D eigenvalue weighted by atomic mass is 9.34. The highest BCUT2D eigenvalue weighted by molar-refractivity contribution is 5.92. The molecule has 8 atom stereocenters. The fourth-order valence-corrected chi connectivity index (χ4v) is 9.42. The van der Waals surface area contributed by atoms with Crippen LogP contribution >= 0.6 is 0 Å². The van der Waals surface area contributed by atoms with Crippen molar-refractivity contribution in [3.63, 3.8) is 0 Å². The fraction of sp³-hybridized carbons (Fsp3) is 0.800. The molecule has 4 rings (SSSR count). The van der Waals surface area contributed by atoms with Gasteiger partial charge in [-0.05, 0) is 92.4 Å². The molecule has 4 fully saturated rings. The van der Waals surface area contributed by atoms with Crippen LogP contribution in [-0.2, 0) is 14.3 Å². The molecule has 190 valence electrons. The normalized spacial score (nSPS) is 44.3. The Morgan fingerprint density at radius 2 is 1.76 bits per heavy atom. The van der Waals surface area contributed by atoms with E-state index in [-0.39, 0.29) is 51.4 Å². The van der Waals surface area contributed by atoms with Crippen molar-refractivity contribution in [1.82, 2.24) is 0 Å². The van der Waals surface area contributed by atoms with Crippen molar-refractivity contribution in [3.8, 4) is 0 Å². The maximum absolute atomic E-state index is 13.3. The molecule has 0 aromatic carbocycles. The van der Waals surface area contributed by atoms with Crippen LogP contribution in [0.4, 0.5) is 0 Å². The van der Waals surface area contributed by atoms with Gasteiger partial charge in [-0.3, -0.25) is 9.59 Å². The van der Waals surface area contributed by atoms with Crippen molar-refractivity contribution in [3.05, 3.63) is 23.8 Å². The van der Waals surface area contributed by atoms with E-state index in [9.17, 15) is 14.7 Å². The van der Waals surface area contributed by atoms with Crippen molar-refractivity contribution in [1.29, 1.82) is 0 Å². The molecule has 0 aromatic heterocycles. The van der Waals surface area contributed by atoms with Gasteiger partial charge >= 0.3 is 5.97 Å². The summed E-state index contributed by atoms with van der Waals surface area (Å²) in [6.07, 6.45) is 11.8. The van der Waals surface area contributed by atoms with Crippen molar-refractivity contribution >= 4 is 11.8 Å². The highest BCUT2D eigenvalue weighted by Crippen LogP contribution is 2.74. The van der Waals surface area contributed by atoms with Gasteiger partial charge in [0.15, 0.2) is 5.78 Å². The lowest BCUT2D eigenvalue weighted by Gasteiger charge is -2.70. The van der Waals surface area contributed by atoms with Gasteiger partial charge in [-0.1, -0.05) is 52.3 Å². The molecule has 1 spiro atoms. The fourth-order valence-electron chi connectivity index (χ4n) is 9.42. The van der Waals surface area contributed by atoms with Crippen LogP contribution in [-0.4, -0.2) is 29.6 Å². The number of aliphatic hydroxyl groups excluding tert-OH is 1.